The number of anilines is 2. The first-order chi connectivity index (χ1) is 7.78. The molecule has 0 aliphatic heterocycles. The van der Waals surface area contributed by atoms with Crippen LogP contribution in [0.3, 0.4) is 0 Å². The molecule has 0 aliphatic rings. The van der Waals surface area contributed by atoms with E-state index < -0.39 is 5.60 Å². The van der Waals surface area contributed by atoms with Crippen molar-refractivity contribution in [3.8, 4) is 0 Å². The lowest BCUT2D eigenvalue weighted by Gasteiger charge is -2.21. The molecular weight excluding hydrogens is 220 g/mol. The maximum Gasteiger partial charge on any atom is 0.147 e. The van der Waals surface area contributed by atoms with Gasteiger partial charge < -0.3 is 21.3 Å². The van der Waals surface area contributed by atoms with Gasteiger partial charge in [0.1, 0.15) is 11.4 Å². The van der Waals surface area contributed by atoms with Crippen molar-refractivity contribution in [2.45, 2.75) is 32.3 Å². The fourth-order valence-corrected chi connectivity index (χ4v) is 1.53. The van der Waals surface area contributed by atoms with E-state index in [0.29, 0.717) is 11.5 Å². The molecule has 17 heavy (non-hydrogen) atoms. The van der Waals surface area contributed by atoms with E-state index >= 15 is 0 Å². The maximum atomic E-state index is 9.70. The highest BCUT2D eigenvalue weighted by Crippen LogP contribution is 2.27. The number of nitrogens with two attached hydrogens (primary N) is 1. The third kappa shape index (κ3) is 3.10. The highest BCUT2D eigenvalue weighted by molar-refractivity contribution is 5.65. The standard InChI is InChI=1S/C11H22N4O2/c1-7(2)9-8(12)10(15(4)14-9)13-5-11(3,17)6-16/h7,13,16-17H,5-6,12H2,1-4H3. The Bertz CT molecular complexity index is 385. The first-order valence-corrected chi connectivity index (χ1v) is 5.68. The third-order valence-corrected chi connectivity index (χ3v) is 2.64. The molecule has 0 aliphatic carbocycles. The van der Waals surface area contributed by atoms with Crippen molar-refractivity contribution < 1.29 is 10.2 Å². The van der Waals surface area contributed by atoms with Crippen LogP contribution in [0.2, 0.25) is 0 Å². The van der Waals surface area contributed by atoms with Crippen molar-refractivity contribution in [1.82, 2.24) is 9.78 Å². The number of nitrogen functional groups attached to an aromatic ring is 1. The average Bonchev–Trinajstić information content (AvgIpc) is 2.52. The molecule has 0 aromatic carbocycles. The van der Waals surface area contributed by atoms with Gasteiger partial charge in [0.05, 0.1) is 18.0 Å². The maximum absolute atomic E-state index is 9.70. The largest absolute Gasteiger partial charge is 0.394 e. The molecule has 1 aromatic rings. The van der Waals surface area contributed by atoms with Gasteiger partial charge in [0.2, 0.25) is 0 Å². The van der Waals surface area contributed by atoms with Crippen LogP contribution in [0.15, 0.2) is 0 Å². The van der Waals surface area contributed by atoms with Gasteiger partial charge in [-0.25, -0.2) is 0 Å². The molecule has 0 spiro atoms. The van der Waals surface area contributed by atoms with Crippen LogP contribution in [0.5, 0.6) is 0 Å². The summed E-state index contributed by atoms with van der Waals surface area (Å²) in [5.74, 6) is 0.914. The highest BCUT2D eigenvalue weighted by atomic mass is 16.3. The molecule has 1 atom stereocenters. The summed E-state index contributed by atoms with van der Waals surface area (Å²) in [6, 6.07) is 0. The molecule has 98 valence electrons. The van der Waals surface area contributed by atoms with Crippen LogP contribution < -0.4 is 11.1 Å². The Morgan fingerprint density at radius 3 is 2.53 bits per heavy atom. The van der Waals surface area contributed by atoms with Gasteiger partial charge >= 0.3 is 0 Å². The van der Waals surface area contributed by atoms with E-state index in [1.54, 1.807) is 18.7 Å². The van der Waals surface area contributed by atoms with Gasteiger partial charge in [-0.2, -0.15) is 5.10 Å². The molecule has 0 bridgehead atoms. The molecule has 6 heteroatoms. The molecule has 1 unspecified atom stereocenters. The number of aromatic nitrogens is 2. The Kier molecular flexibility index (Phi) is 4.00. The van der Waals surface area contributed by atoms with Crippen molar-refractivity contribution in [2.75, 3.05) is 24.2 Å². The fourth-order valence-electron chi connectivity index (χ4n) is 1.53. The topological polar surface area (TPSA) is 96.3 Å². The molecular formula is C11H22N4O2. The van der Waals surface area contributed by atoms with Crippen LogP contribution in [0.1, 0.15) is 32.4 Å². The van der Waals surface area contributed by atoms with Crippen LogP contribution in [0.25, 0.3) is 0 Å². The summed E-state index contributed by atoms with van der Waals surface area (Å²) in [5.41, 5.74) is 6.24. The van der Waals surface area contributed by atoms with Crippen molar-refractivity contribution >= 4 is 11.5 Å². The number of nitrogens with one attached hydrogen (secondary N) is 1. The number of hydrogen-bond donors (Lipinski definition) is 4. The van der Waals surface area contributed by atoms with E-state index in [1.807, 2.05) is 13.8 Å². The quantitative estimate of drug-likeness (QED) is 0.595. The third-order valence-electron chi connectivity index (χ3n) is 2.64. The summed E-state index contributed by atoms with van der Waals surface area (Å²) in [4.78, 5) is 0. The molecule has 1 rings (SSSR count). The van der Waals surface area contributed by atoms with Gasteiger partial charge in [0.15, 0.2) is 0 Å². The second-order valence-corrected chi connectivity index (χ2v) is 4.93. The Hall–Kier alpha value is -1.27. The summed E-state index contributed by atoms with van der Waals surface area (Å²) < 4.78 is 1.65. The number of aryl methyl sites for hydroxylation is 1. The predicted octanol–water partition coefficient (Wildman–Crippen LogP) is 0.281. The van der Waals surface area contributed by atoms with Gasteiger partial charge in [0, 0.05) is 13.6 Å². The molecule has 6 nitrogen and oxygen atoms in total. The highest BCUT2D eigenvalue weighted by Gasteiger charge is 2.21. The second kappa shape index (κ2) is 4.93. The molecule has 5 N–H and O–H groups in total. The molecule has 0 amide bonds. The van der Waals surface area contributed by atoms with Crippen molar-refractivity contribution in [1.29, 1.82) is 0 Å². The zero-order valence-corrected chi connectivity index (χ0v) is 10.9. The SMILES string of the molecule is CC(C)c1nn(C)c(NCC(C)(O)CO)c1N. The lowest BCUT2D eigenvalue weighted by Crippen LogP contribution is -2.37. The Balaban J connectivity index is 2.85. The molecule has 0 saturated carbocycles. The van der Waals surface area contributed by atoms with E-state index in [4.69, 9.17) is 10.8 Å². The summed E-state index contributed by atoms with van der Waals surface area (Å²) in [7, 11) is 1.79. The summed E-state index contributed by atoms with van der Waals surface area (Å²) in [6.45, 7) is 5.49. The minimum Gasteiger partial charge on any atom is -0.394 e. The summed E-state index contributed by atoms with van der Waals surface area (Å²) >= 11 is 0. The fraction of sp³-hybridized carbons (Fsp3) is 0.727. The van der Waals surface area contributed by atoms with Gasteiger partial charge in [0.25, 0.3) is 0 Å². The van der Waals surface area contributed by atoms with Crippen molar-refractivity contribution in [3.05, 3.63) is 5.69 Å². The smallest absolute Gasteiger partial charge is 0.147 e. The Morgan fingerprint density at radius 2 is 2.12 bits per heavy atom. The van der Waals surface area contributed by atoms with E-state index in [0.717, 1.165) is 5.69 Å². The van der Waals surface area contributed by atoms with Crippen LogP contribution in [0, 0.1) is 0 Å². The predicted molar refractivity (Wildman–Crippen MR) is 67.9 cm³/mol. The summed E-state index contributed by atoms with van der Waals surface area (Å²) in [5, 5.41) is 26.0. The molecule has 0 saturated heterocycles. The number of rotatable bonds is 5. The lowest BCUT2D eigenvalue weighted by molar-refractivity contribution is 0.0131. The molecule has 0 radical (unpaired) electrons. The summed E-state index contributed by atoms with van der Waals surface area (Å²) in [6.07, 6.45) is 0. The first-order valence-electron chi connectivity index (χ1n) is 5.68. The molecule has 0 fully saturated rings. The normalized spacial score (nSPS) is 15.0. The zero-order valence-electron chi connectivity index (χ0n) is 10.9. The molecule has 1 heterocycles. The van der Waals surface area contributed by atoms with Crippen molar-refractivity contribution in [2.24, 2.45) is 7.05 Å². The van der Waals surface area contributed by atoms with Gasteiger partial charge in [-0.1, -0.05) is 13.8 Å². The number of nitrogens with zero attached hydrogens (tertiary/aromatic N) is 2. The van der Waals surface area contributed by atoms with Gasteiger partial charge in [-0.3, -0.25) is 4.68 Å². The van der Waals surface area contributed by atoms with Gasteiger partial charge in [-0.05, 0) is 12.8 Å². The average molecular weight is 242 g/mol. The van der Waals surface area contributed by atoms with Crippen LogP contribution >= 0.6 is 0 Å². The number of aliphatic hydroxyl groups excluding tert-OH is 1. The van der Waals surface area contributed by atoms with Crippen LogP contribution in [-0.2, 0) is 7.05 Å². The minimum atomic E-state index is -1.17. The minimum absolute atomic E-state index is 0.213. The van der Waals surface area contributed by atoms with E-state index in [1.165, 1.54) is 0 Å². The van der Waals surface area contributed by atoms with Gasteiger partial charge in [-0.15, -0.1) is 0 Å². The van der Waals surface area contributed by atoms with E-state index in [9.17, 15) is 5.11 Å². The monoisotopic (exact) mass is 242 g/mol. The van der Waals surface area contributed by atoms with E-state index in [-0.39, 0.29) is 19.1 Å². The molecule has 1 aromatic heterocycles. The van der Waals surface area contributed by atoms with E-state index in [2.05, 4.69) is 10.4 Å². The van der Waals surface area contributed by atoms with Crippen LogP contribution in [0.4, 0.5) is 11.5 Å². The lowest BCUT2D eigenvalue weighted by atomic mass is 10.1. The first kappa shape index (κ1) is 13.8. The van der Waals surface area contributed by atoms with Crippen LogP contribution in [-0.4, -0.2) is 38.7 Å². The second-order valence-electron chi connectivity index (χ2n) is 4.93. The number of hydrogen-bond acceptors (Lipinski definition) is 5. The zero-order chi connectivity index (χ0) is 13.2. The number of aliphatic hydroxyl groups is 2. The Labute approximate surface area is 101 Å². The van der Waals surface area contributed by atoms with Crippen molar-refractivity contribution in [3.63, 3.8) is 0 Å². The Morgan fingerprint density at radius 1 is 1.53 bits per heavy atom.